The number of carbonyl (C=O) groups is 1. The molecule has 0 fully saturated rings. The van der Waals surface area contributed by atoms with Gasteiger partial charge in [-0.25, -0.2) is 8.78 Å². The minimum Gasteiger partial charge on any atom is -0.507 e. The molecule has 1 aromatic carbocycles. The molecule has 0 radical (unpaired) electrons. The lowest BCUT2D eigenvalue weighted by atomic mass is 10.2. The largest absolute Gasteiger partial charge is 0.507 e. The minimum absolute atomic E-state index is 0.0624. The van der Waals surface area contributed by atoms with Crippen LogP contribution in [0.1, 0.15) is 10.4 Å². The van der Waals surface area contributed by atoms with Gasteiger partial charge in [-0.1, -0.05) is 0 Å². The Morgan fingerprint density at radius 3 is 2.65 bits per heavy atom. The van der Waals surface area contributed by atoms with Crippen LogP contribution in [-0.4, -0.2) is 35.2 Å². The van der Waals surface area contributed by atoms with E-state index in [0.29, 0.717) is 3.57 Å². The van der Waals surface area contributed by atoms with E-state index in [1.165, 1.54) is 18.2 Å². The summed E-state index contributed by atoms with van der Waals surface area (Å²) in [5.74, 6) is -0.691. The Labute approximate surface area is 110 Å². The van der Waals surface area contributed by atoms with Crippen molar-refractivity contribution in [1.82, 2.24) is 5.32 Å². The van der Waals surface area contributed by atoms with E-state index in [-0.39, 0.29) is 11.3 Å². The zero-order valence-electron chi connectivity index (χ0n) is 8.53. The first kappa shape index (κ1) is 14.1. The number of amides is 1. The molecule has 0 saturated carbocycles. The van der Waals surface area contributed by atoms with Gasteiger partial charge < -0.3 is 15.5 Å². The number of alkyl halides is 2. The van der Waals surface area contributed by atoms with Crippen molar-refractivity contribution in [2.45, 2.75) is 12.5 Å². The van der Waals surface area contributed by atoms with E-state index in [2.05, 4.69) is 5.32 Å². The van der Waals surface area contributed by atoms with Crippen molar-refractivity contribution in [3.8, 4) is 5.75 Å². The lowest BCUT2D eigenvalue weighted by molar-refractivity contribution is -0.00270. The summed E-state index contributed by atoms with van der Waals surface area (Å²) in [6, 6.07) is 4.20. The number of aromatic hydroxyl groups is 1. The predicted octanol–water partition coefficient (Wildman–Crippen LogP) is 1.35. The van der Waals surface area contributed by atoms with Crippen molar-refractivity contribution in [3.05, 3.63) is 27.3 Å². The van der Waals surface area contributed by atoms with Crippen LogP contribution >= 0.6 is 22.6 Å². The average Bonchev–Trinajstić information content (AvgIpc) is 2.28. The van der Waals surface area contributed by atoms with E-state index in [0.717, 1.165) is 0 Å². The number of hydrogen-bond acceptors (Lipinski definition) is 3. The van der Waals surface area contributed by atoms with Crippen molar-refractivity contribution >= 4 is 28.5 Å². The summed E-state index contributed by atoms with van der Waals surface area (Å²) in [5, 5.41) is 20.3. The fourth-order valence-corrected chi connectivity index (χ4v) is 1.38. The second-order valence-corrected chi connectivity index (χ2v) is 4.44. The van der Waals surface area contributed by atoms with Gasteiger partial charge in [-0.3, -0.25) is 4.79 Å². The second kappa shape index (κ2) is 6.10. The topological polar surface area (TPSA) is 69.6 Å². The Bertz CT molecular complexity index is 415. The van der Waals surface area contributed by atoms with Crippen LogP contribution in [0.25, 0.3) is 0 Å². The molecule has 0 aliphatic rings. The maximum absolute atomic E-state index is 12.0. The lowest BCUT2D eigenvalue weighted by Crippen LogP contribution is -2.35. The Morgan fingerprint density at radius 1 is 1.47 bits per heavy atom. The molecule has 1 atom stereocenters. The number of benzene rings is 1. The zero-order chi connectivity index (χ0) is 13.0. The van der Waals surface area contributed by atoms with Crippen LogP contribution in [0.5, 0.6) is 5.75 Å². The van der Waals surface area contributed by atoms with Crippen molar-refractivity contribution in [1.29, 1.82) is 0 Å². The summed E-state index contributed by atoms with van der Waals surface area (Å²) >= 11 is 1.88. The molecule has 1 unspecified atom stereocenters. The van der Waals surface area contributed by atoms with Crippen molar-refractivity contribution in [2.75, 3.05) is 6.54 Å². The van der Waals surface area contributed by atoms with E-state index >= 15 is 0 Å². The molecule has 0 aromatic heterocycles. The molecule has 7 heteroatoms. The quantitative estimate of drug-likeness (QED) is 0.713. The molecule has 1 amide bonds. The Morgan fingerprint density at radius 2 is 2.12 bits per heavy atom. The Hall–Kier alpha value is -0.960. The van der Waals surface area contributed by atoms with Crippen LogP contribution in [0.15, 0.2) is 18.2 Å². The smallest absolute Gasteiger partial charge is 0.265 e. The molecular formula is C10H10F2INO3. The van der Waals surface area contributed by atoms with Gasteiger partial charge in [-0.15, -0.1) is 0 Å². The summed E-state index contributed by atoms with van der Waals surface area (Å²) < 4.78 is 24.5. The third kappa shape index (κ3) is 4.08. The average molecular weight is 357 g/mol. The summed E-state index contributed by atoms with van der Waals surface area (Å²) in [5.41, 5.74) is 0.143. The zero-order valence-corrected chi connectivity index (χ0v) is 10.7. The maximum Gasteiger partial charge on any atom is 0.265 e. The van der Waals surface area contributed by atoms with Crippen LogP contribution in [0.4, 0.5) is 8.78 Å². The number of halogens is 3. The van der Waals surface area contributed by atoms with Crippen molar-refractivity contribution in [3.63, 3.8) is 0 Å². The molecule has 0 aliphatic carbocycles. The van der Waals surface area contributed by atoms with Crippen LogP contribution in [-0.2, 0) is 0 Å². The summed E-state index contributed by atoms with van der Waals surface area (Å²) in [6.45, 7) is -0.538. The molecular weight excluding hydrogens is 347 g/mol. The molecule has 1 aromatic rings. The fraction of sp³-hybridized carbons (Fsp3) is 0.300. The highest BCUT2D eigenvalue weighted by Gasteiger charge is 2.18. The SMILES string of the molecule is O=C(NCC(O)C(F)F)c1ccc(I)c(O)c1. The van der Waals surface area contributed by atoms with Gasteiger partial charge in [0.25, 0.3) is 12.3 Å². The van der Waals surface area contributed by atoms with Gasteiger partial charge in [0.15, 0.2) is 0 Å². The molecule has 17 heavy (non-hydrogen) atoms. The van der Waals surface area contributed by atoms with E-state index in [1.54, 1.807) is 0 Å². The number of aliphatic hydroxyl groups is 1. The number of hydrogen-bond donors (Lipinski definition) is 3. The highest BCUT2D eigenvalue weighted by Crippen LogP contribution is 2.20. The van der Waals surface area contributed by atoms with Crippen LogP contribution in [0.2, 0.25) is 0 Å². The predicted molar refractivity (Wildman–Crippen MR) is 65.2 cm³/mol. The molecule has 4 nitrogen and oxygen atoms in total. The third-order valence-corrected chi connectivity index (χ3v) is 2.88. The molecule has 94 valence electrons. The fourth-order valence-electron chi connectivity index (χ4n) is 1.04. The minimum atomic E-state index is -2.90. The van der Waals surface area contributed by atoms with Gasteiger partial charge in [0.1, 0.15) is 11.9 Å². The number of phenols is 1. The molecule has 0 saturated heterocycles. The van der Waals surface area contributed by atoms with Crippen molar-refractivity contribution < 1.29 is 23.8 Å². The standard InChI is InChI=1S/C10H10F2INO3/c11-9(12)8(16)4-14-10(17)5-1-2-6(13)7(15)3-5/h1-3,8-9,15-16H,4H2,(H,14,17). The maximum atomic E-state index is 12.0. The molecule has 3 N–H and O–H groups in total. The first-order valence-corrected chi connectivity index (χ1v) is 5.72. The number of nitrogens with one attached hydrogen (secondary N) is 1. The number of phenolic OH excluding ortho intramolecular Hbond substituents is 1. The highest BCUT2D eigenvalue weighted by molar-refractivity contribution is 14.1. The summed E-state index contributed by atoms with van der Waals surface area (Å²) in [6.07, 6.45) is -4.79. The van der Waals surface area contributed by atoms with E-state index in [4.69, 9.17) is 5.11 Å². The molecule has 0 heterocycles. The first-order valence-electron chi connectivity index (χ1n) is 4.64. The van der Waals surface area contributed by atoms with Gasteiger partial charge in [-0.2, -0.15) is 0 Å². The summed E-state index contributed by atoms with van der Waals surface area (Å²) in [7, 11) is 0. The van der Waals surface area contributed by atoms with Gasteiger partial charge in [0.2, 0.25) is 0 Å². The van der Waals surface area contributed by atoms with Gasteiger partial charge >= 0.3 is 0 Å². The molecule has 1 rings (SSSR count). The van der Waals surface area contributed by atoms with Crippen molar-refractivity contribution in [2.24, 2.45) is 0 Å². The first-order chi connectivity index (χ1) is 7.91. The monoisotopic (exact) mass is 357 g/mol. The normalized spacial score (nSPS) is 12.5. The van der Waals surface area contributed by atoms with Gasteiger partial charge in [0, 0.05) is 12.1 Å². The Kier molecular flexibility index (Phi) is 5.06. The molecule has 0 spiro atoms. The van der Waals surface area contributed by atoms with E-state index in [1.807, 2.05) is 22.6 Å². The lowest BCUT2D eigenvalue weighted by Gasteiger charge is -2.10. The third-order valence-electron chi connectivity index (χ3n) is 1.97. The number of rotatable bonds is 4. The highest BCUT2D eigenvalue weighted by atomic mass is 127. The van der Waals surface area contributed by atoms with Crippen LogP contribution in [0.3, 0.4) is 0 Å². The Balaban J connectivity index is 2.61. The van der Waals surface area contributed by atoms with Crippen LogP contribution < -0.4 is 5.32 Å². The van der Waals surface area contributed by atoms with Gasteiger partial charge in [-0.05, 0) is 40.8 Å². The summed E-state index contributed by atoms with van der Waals surface area (Å²) in [4.78, 5) is 11.5. The van der Waals surface area contributed by atoms with E-state index in [9.17, 15) is 18.7 Å². The second-order valence-electron chi connectivity index (χ2n) is 3.28. The number of carbonyl (C=O) groups excluding carboxylic acids is 1. The van der Waals surface area contributed by atoms with E-state index < -0.39 is 25.0 Å². The molecule has 0 bridgehead atoms. The van der Waals surface area contributed by atoms with Crippen LogP contribution in [0, 0.1) is 3.57 Å². The molecule has 0 aliphatic heterocycles. The number of aliphatic hydroxyl groups excluding tert-OH is 1. The van der Waals surface area contributed by atoms with Gasteiger partial charge in [0.05, 0.1) is 3.57 Å².